The van der Waals surface area contributed by atoms with Crippen LogP contribution < -0.4 is 15.6 Å². The number of hydrogen-bond acceptors (Lipinski definition) is 6. The summed E-state index contributed by atoms with van der Waals surface area (Å²) in [5.41, 5.74) is 2.33. The van der Waals surface area contributed by atoms with Gasteiger partial charge in [0.1, 0.15) is 17.2 Å². The molecule has 3 heterocycles. The first-order valence-corrected chi connectivity index (χ1v) is 12.4. The summed E-state index contributed by atoms with van der Waals surface area (Å²) in [7, 11) is 1.57. The molecule has 0 radical (unpaired) electrons. The SMILES string of the molecule is COc1ccc(C(CC(=O)N[C@H](c2nc3ccccc3[nH]2)C(C)C)c2c(O)nc3ccccn3c2=O)cc1. The highest BCUT2D eigenvalue weighted by molar-refractivity contribution is 5.79. The van der Waals surface area contributed by atoms with Gasteiger partial charge in [0.15, 0.2) is 0 Å². The number of carbonyl (C=O) groups excluding carboxylic acids is 1. The van der Waals surface area contributed by atoms with Gasteiger partial charge in [0, 0.05) is 18.5 Å². The van der Waals surface area contributed by atoms with Gasteiger partial charge in [0.2, 0.25) is 11.8 Å². The quantitative estimate of drug-likeness (QED) is 0.285. The summed E-state index contributed by atoms with van der Waals surface area (Å²) in [5, 5.41) is 14.0. The summed E-state index contributed by atoms with van der Waals surface area (Å²) in [6.45, 7) is 4.01. The Kier molecular flexibility index (Phi) is 6.83. The second kappa shape index (κ2) is 10.4. The number of methoxy groups -OCH3 is 1. The van der Waals surface area contributed by atoms with Crippen molar-refractivity contribution in [3.8, 4) is 11.6 Å². The maximum atomic E-state index is 13.5. The maximum Gasteiger partial charge on any atom is 0.265 e. The summed E-state index contributed by atoms with van der Waals surface area (Å²) >= 11 is 0. The lowest BCUT2D eigenvalue weighted by Gasteiger charge is -2.23. The molecule has 0 fully saturated rings. The van der Waals surface area contributed by atoms with Crippen LogP contribution in [0, 0.1) is 5.92 Å². The molecule has 0 saturated carbocycles. The van der Waals surface area contributed by atoms with Crippen molar-refractivity contribution in [1.29, 1.82) is 0 Å². The van der Waals surface area contributed by atoms with Crippen molar-refractivity contribution in [2.75, 3.05) is 7.11 Å². The van der Waals surface area contributed by atoms with Crippen LogP contribution in [0.3, 0.4) is 0 Å². The molecule has 9 heteroatoms. The number of H-pyrrole nitrogens is 1. The van der Waals surface area contributed by atoms with E-state index < -0.39 is 17.4 Å². The Labute approximate surface area is 219 Å². The smallest absolute Gasteiger partial charge is 0.265 e. The van der Waals surface area contributed by atoms with Crippen LogP contribution in [0.1, 0.15) is 49.2 Å². The number of ether oxygens (including phenoxy) is 1. The first-order chi connectivity index (χ1) is 18.4. The molecule has 2 aromatic carbocycles. The highest BCUT2D eigenvalue weighted by atomic mass is 16.5. The molecule has 0 aliphatic carbocycles. The molecule has 0 bridgehead atoms. The van der Waals surface area contributed by atoms with Gasteiger partial charge in [-0.05, 0) is 47.9 Å². The molecule has 0 aliphatic heterocycles. The number of nitrogens with zero attached hydrogens (tertiary/aromatic N) is 3. The third-order valence-corrected chi connectivity index (χ3v) is 6.69. The molecule has 2 atom stereocenters. The summed E-state index contributed by atoms with van der Waals surface area (Å²) in [6, 6.07) is 19.5. The van der Waals surface area contributed by atoms with Gasteiger partial charge in [0.05, 0.1) is 29.7 Å². The van der Waals surface area contributed by atoms with Gasteiger partial charge in [-0.2, -0.15) is 4.98 Å². The summed E-state index contributed by atoms with van der Waals surface area (Å²) < 4.78 is 6.65. The van der Waals surface area contributed by atoms with Crippen molar-refractivity contribution in [2.24, 2.45) is 5.92 Å². The average molecular weight is 512 g/mol. The zero-order valence-corrected chi connectivity index (χ0v) is 21.4. The Hall–Kier alpha value is -4.66. The van der Waals surface area contributed by atoms with Crippen molar-refractivity contribution in [3.63, 3.8) is 0 Å². The number of para-hydroxylation sites is 2. The van der Waals surface area contributed by atoms with Crippen LogP contribution in [0.25, 0.3) is 16.7 Å². The van der Waals surface area contributed by atoms with E-state index in [4.69, 9.17) is 4.74 Å². The molecule has 0 spiro atoms. The highest BCUT2D eigenvalue weighted by Gasteiger charge is 2.29. The zero-order chi connectivity index (χ0) is 26.8. The van der Waals surface area contributed by atoms with Crippen molar-refractivity contribution in [3.05, 3.63) is 100 Å². The number of aromatic hydroxyl groups is 1. The zero-order valence-electron chi connectivity index (χ0n) is 21.4. The molecule has 38 heavy (non-hydrogen) atoms. The molecule has 5 aromatic rings. The Morgan fingerprint density at radius 2 is 1.79 bits per heavy atom. The van der Waals surface area contributed by atoms with Crippen molar-refractivity contribution in [2.45, 2.75) is 32.2 Å². The number of aromatic amines is 1. The van der Waals surface area contributed by atoms with Crippen LogP contribution in [-0.4, -0.2) is 37.5 Å². The van der Waals surface area contributed by atoms with Crippen LogP contribution in [0.15, 0.2) is 77.7 Å². The Bertz CT molecular complexity index is 1620. The maximum absolute atomic E-state index is 13.5. The Morgan fingerprint density at radius 1 is 1.05 bits per heavy atom. The lowest BCUT2D eigenvalue weighted by atomic mass is 9.88. The van der Waals surface area contributed by atoms with Crippen LogP contribution in [0.2, 0.25) is 0 Å². The topological polar surface area (TPSA) is 122 Å². The number of hydrogen-bond donors (Lipinski definition) is 3. The predicted molar refractivity (Wildman–Crippen MR) is 144 cm³/mol. The number of aromatic nitrogens is 4. The second-order valence-corrected chi connectivity index (χ2v) is 9.54. The number of rotatable bonds is 8. The normalized spacial score (nSPS) is 13.1. The fourth-order valence-corrected chi connectivity index (χ4v) is 4.71. The summed E-state index contributed by atoms with van der Waals surface area (Å²) in [4.78, 5) is 39.3. The van der Waals surface area contributed by atoms with Gasteiger partial charge in [-0.1, -0.05) is 44.2 Å². The fraction of sp³-hybridized carbons (Fsp3) is 0.241. The molecular weight excluding hydrogens is 482 g/mol. The largest absolute Gasteiger partial charge is 0.497 e. The van der Waals surface area contributed by atoms with Gasteiger partial charge in [0.25, 0.3) is 5.56 Å². The molecule has 1 amide bonds. The molecule has 0 aliphatic rings. The Balaban J connectivity index is 1.52. The number of carbonyl (C=O) groups is 1. The molecule has 3 N–H and O–H groups in total. The van der Waals surface area contributed by atoms with E-state index in [9.17, 15) is 14.7 Å². The molecule has 3 aromatic heterocycles. The van der Waals surface area contributed by atoms with E-state index >= 15 is 0 Å². The fourth-order valence-electron chi connectivity index (χ4n) is 4.71. The van der Waals surface area contributed by atoms with Crippen LogP contribution in [-0.2, 0) is 4.79 Å². The van der Waals surface area contributed by atoms with E-state index in [1.165, 1.54) is 4.40 Å². The minimum atomic E-state index is -0.749. The van der Waals surface area contributed by atoms with E-state index in [-0.39, 0.29) is 29.9 Å². The van der Waals surface area contributed by atoms with E-state index in [0.29, 0.717) is 22.8 Å². The average Bonchev–Trinajstić information content (AvgIpc) is 3.35. The molecule has 194 valence electrons. The first-order valence-electron chi connectivity index (χ1n) is 12.4. The molecule has 5 rings (SSSR count). The minimum absolute atomic E-state index is 0.0420. The first kappa shape index (κ1) is 25.0. The second-order valence-electron chi connectivity index (χ2n) is 9.54. The molecule has 0 saturated heterocycles. The van der Waals surface area contributed by atoms with E-state index in [0.717, 1.165) is 11.0 Å². The number of pyridine rings is 1. The molecular formula is C29H29N5O4. The van der Waals surface area contributed by atoms with Crippen LogP contribution in [0.5, 0.6) is 11.6 Å². The van der Waals surface area contributed by atoms with E-state index in [1.807, 2.05) is 38.1 Å². The number of amides is 1. The third kappa shape index (κ3) is 4.82. The number of nitrogens with one attached hydrogen (secondary N) is 2. The van der Waals surface area contributed by atoms with Crippen molar-refractivity contribution >= 4 is 22.6 Å². The van der Waals surface area contributed by atoms with Gasteiger partial charge in [-0.25, -0.2) is 4.98 Å². The monoisotopic (exact) mass is 511 g/mol. The van der Waals surface area contributed by atoms with Gasteiger partial charge < -0.3 is 20.1 Å². The van der Waals surface area contributed by atoms with Gasteiger partial charge in [-0.3, -0.25) is 14.0 Å². The third-order valence-electron chi connectivity index (χ3n) is 6.69. The van der Waals surface area contributed by atoms with Crippen molar-refractivity contribution in [1.82, 2.24) is 24.7 Å². The van der Waals surface area contributed by atoms with Crippen LogP contribution in [0.4, 0.5) is 0 Å². The van der Waals surface area contributed by atoms with Gasteiger partial charge >= 0.3 is 0 Å². The lowest BCUT2D eigenvalue weighted by molar-refractivity contribution is -0.122. The van der Waals surface area contributed by atoms with E-state index in [2.05, 4.69) is 20.3 Å². The molecule has 1 unspecified atom stereocenters. The predicted octanol–water partition coefficient (Wildman–Crippen LogP) is 4.32. The summed E-state index contributed by atoms with van der Waals surface area (Å²) in [6.07, 6.45) is 1.51. The number of imidazole rings is 1. The standard InChI is InChI=1S/C29H29N5O4/c1-17(2)26(27-30-21-8-4-5-9-22(21)31-27)33-24(35)16-20(18-11-13-19(38-3)14-12-18)25-28(36)32-23-10-6-7-15-34(23)29(25)37/h4-15,17,20,26,36H,16H2,1-3H3,(H,30,31)(H,33,35)/t20?,26-/m0/s1. The number of benzene rings is 2. The van der Waals surface area contributed by atoms with Crippen LogP contribution >= 0.6 is 0 Å². The van der Waals surface area contributed by atoms with E-state index in [1.54, 1.807) is 55.8 Å². The van der Waals surface area contributed by atoms with Crippen molar-refractivity contribution < 1.29 is 14.6 Å². The Morgan fingerprint density at radius 3 is 2.50 bits per heavy atom. The number of fused-ring (bicyclic) bond motifs is 2. The minimum Gasteiger partial charge on any atom is -0.497 e. The van der Waals surface area contributed by atoms with Gasteiger partial charge in [-0.15, -0.1) is 0 Å². The summed E-state index contributed by atoms with van der Waals surface area (Å²) in [5.74, 6) is -0.0959. The highest BCUT2D eigenvalue weighted by Crippen LogP contribution is 2.32. The lowest BCUT2D eigenvalue weighted by Crippen LogP contribution is -2.34. The molecule has 9 nitrogen and oxygen atoms in total.